The van der Waals surface area contributed by atoms with E-state index in [4.69, 9.17) is 18.9 Å². The molecule has 0 bridgehead atoms. The summed E-state index contributed by atoms with van der Waals surface area (Å²) >= 11 is 0. The number of pyridine rings is 1. The third-order valence-corrected chi connectivity index (χ3v) is 4.16. The number of methoxy groups -OCH3 is 1. The number of aromatic nitrogens is 1. The van der Waals surface area contributed by atoms with E-state index < -0.39 is 10.7 Å². The zero-order chi connectivity index (χ0) is 21.7. The van der Waals surface area contributed by atoms with Gasteiger partial charge in [0, 0.05) is 23.7 Å². The van der Waals surface area contributed by atoms with Crippen molar-refractivity contribution in [3.63, 3.8) is 0 Å². The van der Waals surface area contributed by atoms with E-state index in [9.17, 15) is 14.5 Å². The third kappa shape index (κ3) is 4.74. The average Bonchev–Trinajstić information content (AvgIpc) is 3.59. The van der Waals surface area contributed by atoms with Gasteiger partial charge in [0.2, 0.25) is 0 Å². The fourth-order valence-corrected chi connectivity index (χ4v) is 2.64. The number of epoxide rings is 1. The minimum absolute atomic E-state index is 0.0909. The van der Waals surface area contributed by atoms with Crippen LogP contribution in [0.2, 0.25) is 0 Å². The summed E-state index contributed by atoms with van der Waals surface area (Å²) < 4.78 is 36.1. The number of benzene rings is 2. The highest BCUT2D eigenvalue weighted by molar-refractivity contribution is 5.88. The van der Waals surface area contributed by atoms with Gasteiger partial charge in [0.1, 0.15) is 18.5 Å². The lowest BCUT2D eigenvalue weighted by Crippen LogP contribution is -2.05. The van der Waals surface area contributed by atoms with E-state index in [1.54, 1.807) is 18.2 Å². The molecular weight excluding hydrogens is 395 g/mol. The molecule has 0 spiro atoms. The molecule has 8 nitrogen and oxygen atoms in total. The van der Waals surface area contributed by atoms with Crippen LogP contribution in [0.15, 0.2) is 42.6 Å². The van der Waals surface area contributed by atoms with Crippen molar-refractivity contribution in [3.05, 3.63) is 58.5 Å². The number of fused-ring (bicyclic) bond motifs is 1. The summed E-state index contributed by atoms with van der Waals surface area (Å²) in [6.07, 6.45) is 1.61. The van der Waals surface area contributed by atoms with Crippen LogP contribution < -0.4 is 14.2 Å². The molecule has 0 aliphatic carbocycles. The Morgan fingerprint density at radius 1 is 1.17 bits per heavy atom. The van der Waals surface area contributed by atoms with Crippen LogP contribution in [-0.4, -0.2) is 36.3 Å². The third-order valence-electron chi connectivity index (χ3n) is 4.16. The molecule has 0 saturated carbocycles. The molecule has 30 heavy (non-hydrogen) atoms. The van der Waals surface area contributed by atoms with E-state index in [1.165, 1.54) is 25.4 Å². The van der Waals surface area contributed by atoms with Gasteiger partial charge in [0.05, 0.1) is 30.2 Å². The fourth-order valence-electron chi connectivity index (χ4n) is 2.64. The lowest BCUT2D eigenvalue weighted by atomic mass is 10.1. The number of halogens is 1. The van der Waals surface area contributed by atoms with Crippen molar-refractivity contribution >= 4 is 16.6 Å². The number of ether oxygens (including phenoxy) is 4. The number of hydrogen-bond acceptors (Lipinski definition) is 7. The molecule has 1 unspecified atom stereocenters. The Labute approximate surface area is 172 Å². The summed E-state index contributed by atoms with van der Waals surface area (Å²) in [6.45, 7) is 5.08. The summed E-state index contributed by atoms with van der Waals surface area (Å²) in [7, 11) is 1.51. The highest BCUT2D eigenvalue weighted by atomic mass is 19.1. The first-order valence-electron chi connectivity index (χ1n) is 9.38. The predicted molar refractivity (Wildman–Crippen MR) is 108 cm³/mol. The summed E-state index contributed by atoms with van der Waals surface area (Å²) in [5.74, 6) is 0.332. The first kappa shape index (κ1) is 21.3. The van der Waals surface area contributed by atoms with Crippen LogP contribution in [0.5, 0.6) is 23.0 Å². The quantitative estimate of drug-likeness (QED) is 0.307. The first-order chi connectivity index (χ1) is 14.5. The Morgan fingerprint density at radius 3 is 2.57 bits per heavy atom. The Morgan fingerprint density at radius 2 is 1.93 bits per heavy atom. The SMILES string of the molecule is CC.COc1cc2c(Oc3ccc([N+](=O)[O-])cc3F)ccnc2cc1OCC1CO1. The molecular formula is C21H21FN2O6. The largest absolute Gasteiger partial charge is 0.493 e. The van der Waals surface area contributed by atoms with E-state index in [0.29, 0.717) is 41.4 Å². The number of non-ortho nitro benzene ring substituents is 1. The first-order valence-corrected chi connectivity index (χ1v) is 9.38. The molecule has 1 aliphatic heterocycles. The van der Waals surface area contributed by atoms with Gasteiger partial charge in [-0.2, -0.15) is 0 Å². The van der Waals surface area contributed by atoms with Gasteiger partial charge in [0.25, 0.3) is 5.69 Å². The van der Waals surface area contributed by atoms with E-state index in [-0.39, 0.29) is 17.5 Å². The van der Waals surface area contributed by atoms with Gasteiger partial charge in [-0.3, -0.25) is 15.1 Å². The van der Waals surface area contributed by atoms with Gasteiger partial charge in [-0.1, -0.05) is 13.8 Å². The minimum Gasteiger partial charge on any atom is -0.493 e. The summed E-state index contributed by atoms with van der Waals surface area (Å²) in [4.78, 5) is 14.4. The predicted octanol–water partition coefficient (Wildman–Crippen LogP) is 4.89. The van der Waals surface area contributed by atoms with Crippen molar-refractivity contribution in [2.24, 2.45) is 0 Å². The van der Waals surface area contributed by atoms with Crippen LogP contribution >= 0.6 is 0 Å². The molecule has 2 heterocycles. The molecule has 0 radical (unpaired) electrons. The van der Waals surface area contributed by atoms with Crippen molar-refractivity contribution in [3.8, 4) is 23.0 Å². The molecule has 2 aromatic carbocycles. The molecule has 1 aliphatic rings. The molecule has 1 fully saturated rings. The van der Waals surface area contributed by atoms with Crippen LogP contribution in [0.25, 0.3) is 10.9 Å². The molecule has 0 amide bonds. The number of nitrogens with zero attached hydrogens (tertiary/aromatic N) is 2. The van der Waals surface area contributed by atoms with E-state index in [2.05, 4.69) is 4.98 Å². The van der Waals surface area contributed by atoms with Gasteiger partial charge in [-0.05, 0) is 18.2 Å². The lowest BCUT2D eigenvalue weighted by molar-refractivity contribution is -0.385. The van der Waals surface area contributed by atoms with Gasteiger partial charge in [-0.25, -0.2) is 4.39 Å². The van der Waals surface area contributed by atoms with Crippen molar-refractivity contribution < 1.29 is 28.3 Å². The minimum atomic E-state index is -0.837. The smallest absolute Gasteiger partial charge is 0.272 e. The van der Waals surface area contributed by atoms with Crippen LogP contribution in [0.4, 0.5) is 10.1 Å². The molecule has 4 rings (SSSR count). The molecule has 158 valence electrons. The zero-order valence-electron chi connectivity index (χ0n) is 16.8. The number of hydrogen-bond donors (Lipinski definition) is 0. The second kappa shape index (κ2) is 9.36. The highest BCUT2D eigenvalue weighted by Gasteiger charge is 2.24. The molecule has 9 heteroatoms. The van der Waals surface area contributed by atoms with Gasteiger partial charge in [-0.15, -0.1) is 0 Å². The Hall–Kier alpha value is -3.46. The van der Waals surface area contributed by atoms with Crippen LogP contribution in [0, 0.1) is 15.9 Å². The van der Waals surface area contributed by atoms with Crippen LogP contribution in [-0.2, 0) is 4.74 Å². The van der Waals surface area contributed by atoms with E-state index >= 15 is 0 Å². The van der Waals surface area contributed by atoms with Crippen molar-refractivity contribution in [2.75, 3.05) is 20.3 Å². The maximum atomic E-state index is 14.2. The van der Waals surface area contributed by atoms with Crippen LogP contribution in [0.3, 0.4) is 0 Å². The van der Waals surface area contributed by atoms with Gasteiger partial charge < -0.3 is 18.9 Å². The Bertz CT molecular complexity index is 1060. The molecule has 1 saturated heterocycles. The van der Waals surface area contributed by atoms with E-state index in [0.717, 1.165) is 6.07 Å². The highest BCUT2D eigenvalue weighted by Crippen LogP contribution is 2.38. The number of rotatable bonds is 7. The maximum absolute atomic E-state index is 14.2. The summed E-state index contributed by atoms with van der Waals surface area (Å²) in [5, 5.41) is 11.3. The van der Waals surface area contributed by atoms with Gasteiger partial charge in [0.15, 0.2) is 23.1 Å². The molecule has 1 atom stereocenters. The standard InChI is InChI=1S/C19H15FN2O6.C2H6/c1-25-18-7-13-15(8-19(18)27-10-12-9-26-12)21-5-4-16(13)28-17-3-2-11(22(23)24)6-14(17)20;1-2/h2-8,12H,9-10H2,1H3;1-2H3. The summed E-state index contributed by atoms with van der Waals surface area (Å²) in [5.41, 5.74) is 0.208. The number of nitro benzene ring substituents is 1. The van der Waals surface area contributed by atoms with Gasteiger partial charge >= 0.3 is 0 Å². The molecule has 3 aromatic rings. The number of nitro groups is 1. The Kier molecular flexibility index (Phi) is 6.63. The second-order valence-corrected chi connectivity index (χ2v) is 6.07. The Balaban J connectivity index is 0.00000124. The maximum Gasteiger partial charge on any atom is 0.272 e. The normalized spacial score (nSPS) is 14.5. The van der Waals surface area contributed by atoms with Crippen molar-refractivity contribution in [2.45, 2.75) is 20.0 Å². The molecule has 0 N–H and O–H groups in total. The van der Waals surface area contributed by atoms with E-state index in [1.807, 2.05) is 13.8 Å². The van der Waals surface area contributed by atoms with Crippen LogP contribution in [0.1, 0.15) is 13.8 Å². The average molecular weight is 416 g/mol. The summed E-state index contributed by atoms with van der Waals surface area (Å²) in [6, 6.07) is 8.16. The monoisotopic (exact) mass is 416 g/mol. The van der Waals surface area contributed by atoms with Crippen molar-refractivity contribution in [1.82, 2.24) is 4.98 Å². The van der Waals surface area contributed by atoms with Crippen molar-refractivity contribution in [1.29, 1.82) is 0 Å². The fraction of sp³-hybridized carbons (Fsp3) is 0.286. The second-order valence-electron chi connectivity index (χ2n) is 6.07. The zero-order valence-corrected chi connectivity index (χ0v) is 16.8. The molecule has 1 aromatic heterocycles. The topological polar surface area (TPSA) is 96.2 Å². The lowest BCUT2D eigenvalue weighted by Gasteiger charge is -2.13.